The van der Waals surface area contributed by atoms with E-state index in [1.165, 1.54) is 0 Å². The third kappa shape index (κ3) is 3.51. The lowest BCUT2D eigenvalue weighted by molar-refractivity contribution is -0.122. The molecule has 3 rings (SSSR count). The Labute approximate surface area is 139 Å². The first kappa shape index (κ1) is 15.5. The quantitative estimate of drug-likeness (QED) is 0.925. The molecule has 2 aromatic carbocycles. The Bertz CT molecular complexity index is 747. The summed E-state index contributed by atoms with van der Waals surface area (Å²) in [6.07, 6.45) is -0.652. The van der Waals surface area contributed by atoms with Gasteiger partial charge in [0.25, 0.3) is 5.91 Å². The van der Waals surface area contributed by atoms with Crippen LogP contribution in [0.25, 0.3) is 0 Å². The zero-order valence-corrected chi connectivity index (χ0v) is 13.5. The molecule has 1 aliphatic rings. The summed E-state index contributed by atoms with van der Waals surface area (Å²) in [4.78, 5) is 12.2. The summed E-state index contributed by atoms with van der Waals surface area (Å²) in [6, 6.07) is 10.5. The van der Waals surface area contributed by atoms with Gasteiger partial charge in [0.15, 0.2) is 17.6 Å². The van der Waals surface area contributed by atoms with Crippen molar-refractivity contribution in [1.82, 2.24) is 0 Å². The maximum atomic E-state index is 12.2. The van der Waals surface area contributed by atoms with Crippen LogP contribution < -0.4 is 19.5 Å². The van der Waals surface area contributed by atoms with Crippen LogP contribution in [-0.2, 0) is 4.79 Å². The Morgan fingerprint density at radius 2 is 2.00 bits per heavy atom. The van der Waals surface area contributed by atoms with Gasteiger partial charge in [-0.25, -0.2) is 0 Å². The number of amides is 1. The number of halogens is 1. The summed E-state index contributed by atoms with van der Waals surface area (Å²) in [7, 11) is 0. The summed E-state index contributed by atoms with van der Waals surface area (Å²) >= 11 is 5.98. The highest BCUT2D eigenvalue weighted by Crippen LogP contribution is 2.34. The summed E-state index contributed by atoms with van der Waals surface area (Å²) in [5.41, 5.74) is 1.52. The molecular weight excluding hydrogens is 318 g/mol. The molecular formula is C17H16ClNO4. The van der Waals surface area contributed by atoms with E-state index in [1.54, 1.807) is 43.3 Å². The highest BCUT2D eigenvalue weighted by atomic mass is 35.5. The highest BCUT2D eigenvalue weighted by Gasteiger charge is 2.18. The molecule has 0 bridgehead atoms. The first-order valence-corrected chi connectivity index (χ1v) is 7.54. The summed E-state index contributed by atoms with van der Waals surface area (Å²) in [5.74, 6) is 1.63. The Morgan fingerprint density at radius 3 is 2.78 bits per heavy atom. The van der Waals surface area contributed by atoms with Gasteiger partial charge in [0.2, 0.25) is 6.79 Å². The van der Waals surface area contributed by atoms with Crippen LogP contribution in [0.1, 0.15) is 12.5 Å². The number of fused-ring (bicyclic) bond motifs is 1. The topological polar surface area (TPSA) is 56.8 Å². The molecule has 1 aliphatic heterocycles. The molecule has 0 radical (unpaired) electrons. The molecule has 0 fully saturated rings. The highest BCUT2D eigenvalue weighted by molar-refractivity contribution is 6.31. The van der Waals surface area contributed by atoms with E-state index < -0.39 is 6.10 Å². The van der Waals surface area contributed by atoms with Gasteiger partial charge in [-0.1, -0.05) is 11.6 Å². The molecule has 2 aromatic rings. The Hall–Kier alpha value is -2.40. The number of ether oxygens (including phenoxy) is 3. The van der Waals surface area contributed by atoms with E-state index in [0.717, 1.165) is 5.56 Å². The second kappa shape index (κ2) is 6.38. The minimum absolute atomic E-state index is 0.197. The Balaban J connectivity index is 1.64. The second-order valence-corrected chi connectivity index (χ2v) is 5.64. The van der Waals surface area contributed by atoms with Crippen LogP contribution in [0.5, 0.6) is 17.2 Å². The van der Waals surface area contributed by atoms with Gasteiger partial charge in [0.05, 0.1) is 0 Å². The van der Waals surface area contributed by atoms with Crippen molar-refractivity contribution in [3.8, 4) is 17.2 Å². The number of nitrogens with one attached hydrogen (secondary N) is 1. The maximum absolute atomic E-state index is 12.2. The number of hydrogen-bond acceptors (Lipinski definition) is 4. The fourth-order valence-electron chi connectivity index (χ4n) is 2.17. The van der Waals surface area contributed by atoms with Gasteiger partial charge in [-0.2, -0.15) is 0 Å². The molecule has 0 saturated heterocycles. The molecule has 1 amide bonds. The lowest BCUT2D eigenvalue weighted by Crippen LogP contribution is -2.30. The monoisotopic (exact) mass is 333 g/mol. The van der Waals surface area contributed by atoms with Crippen molar-refractivity contribution in [2.24, 2.45) is 0 Å². The molecule has 0 unspecified atom stereocenters. The van der Waals surface area contributed by atoms with E-state index in [9.17, 15) is 4.79 Å². The second-order valence-electron chi connectivity index (χ2n) is 5.23. The van der Waals surface area contributed by atoms with Gasteiger partial charge in [-0.15, -0.1) is 0 Å². The summed E-state index contributed by atoms with van der Waals surface area (Å²) in [5, 5.41) is 3.45. The lowest BCUT2D eigenvalue weighted by Gasteiger charge is -2.15. The minimum Gasteiger partial charge on any atom is -0.481 e. The van der Waals surface area contributed by atoms with Crippen LogP contribution >= 0.6 is 11.6 Å². The zero-order chi connectivity index (χ0) is 16.4. The largest absolute Gasteiger partial charge is 0.481 e. The van der Waals surface area contributed by atoms with E-state index >= 15 is 0 Å². The number of anilines is 1. The SMILES string of the molecule is Cc1cc(O[C@H](C)C(=O)Nc2ccc3c(c2)OCO3)ccc1Cl. The number of carbonyl (C=O) groups is 1. The fourth-order valence-corrected chi connectivity index (χ4v) is 2.28. The van der Waals surface area contributed by atoms with Crippen LogP contribution in [0, 0.1) is 6.92 Å². The van der Waals surface area contributed by atoms with Gasteiger partial charge >= 0.3 is 0 Å². The number of rotatable bonds is 4. The van der Waals surface area contributed by atoms with Crippen LogP contribution in [-0.4, -0.2) is 18.8 Å². The van der Waals surface area contributed by atoms with Crippen molar-refractivity contribution >= 4 is 23.2 Å². The first-order valence-electron chi connectivity index (χ1n) is 7.16. The predicted molar refractivity (Wildman–Crippen MR) is 87.5 cm³/mol. The van der Waals surface area contributed by atoms with Crippen molar-refractivity contribution in [1.29, 1.82) is 0 Å². The van der Waals surface area contributed by atoms with Crippen LogP contribution in [0.3, 0.4) is 0 Å². The fraction of sp³-hybridized carbons (Fsp3) is 0.235. The number of hydrogen-bond donors (Lipinski definition) is 1. The van der Waals surface area contributed by atoms with Crippen molar-refractivity contribution in [3.05, 3.63) is 47.0 Å². The van der Waals surface area contributed by atoms with Crippen LogP contribution in [0.15, 0.2) is 36.4 Å². The molecule has 1 atom stereocenters. The number of benzene rings is 2. The minimum atomic E-state index is -0.652. The molecule has 5 nitrogen and oxygen atoms in total. The van der Waals surface area contributed by atoms with Crippen molar-refractivity contribution < 1.29 is 19.0 Å². The smallest absolute Gasteiger partial charge is 0.265 e. The van der Waals surface area contributed by atoms with Gasteiger partial charge in [0.1, 0.15) is 5.75 Å². The molecule has 120 valence electrons. The van der Waals surface area contributed by atoms with Crippen molar-refractivity contribution in [2.75, 3.05) is 12.1 Å². The molecule has 1 N–H and O–H groups in total. The molecule has 0 spiro atoms. The molecule has 0 saturated carbocycles. The van der Waals surface area contributed by atoms with E-state index in [2.05, 4.69) is 5.32 Å². The third-order valence-corrected chi connectivity index (χ3v) is 3.88. The molecule has 23 heavy (non-hydrogen) atoms. The summed E-state index contributed by atoms with van der Waals surface area (Å²) < 4.78 is 16.2. The predicted octanol–water partition coefficient (Wildman–Crippen LogP) is 3.78. The first-order chi connectivity index (χ1) is 11.0. The third-order valence-electron chi connectivity index (χ3n) is 3.45. The van der Waals surface area contributed by atoms with Gasteiger partial charge in [-0.05, 0) is 49.7 Å². The van der Waals surface area contributed by atoms with Crippen LogP contribution in [0.4, 0.5) is 5.69 Å². The van der Waals surface area contributed by atoms with Crippen molar-refractivity contribution in [2.45, 2.75) is 20.0 Å². The maximum Gasteiger partial charge on any atom is 0.265 e. The number of aryl methyl sites for hydroxylation is 1. The van der Waals surface area contributed by atoms with E-state index in [-0.39, 0.29) is 12.7 Å². The Morgan fingerprint density at radius 1 is 1.22 bits per heavy atom. The van der Waals surface area contributed by atoms with Gasteiger partial charge in [0, 0.05) is 16.8 Å². The Kier molecular flexibility index (Phi) is 4.30. The molecule has 6 heteroatoms. The summed E-state index contributed by atoms with van der Waals surface area (Å²) in [6.45, 7) is 3.76. The standard InChI is InChI=1S/C17H16ClNO4/c1-10-7-13(4-5-14(10)18)23-11(2)17(20)19-12-3-6-15-16(8-12)22-9-21-15/h3-8,11H,9H2,1-2H3,(H,19,20)/t11-/m1/s1. The van der Waals surface area contributed by atoms with E-state index in [1.807, 2.05) is 6.92 Å². The zero-order valence-electron chi connectivity index (χ0n) is 12.8. The van der Waals surface area contributed by atoms with Crippen molar-refractivity contribution in [3.63, 3.8) is 0 Å². The normalized spacial score (nSPS) is 13.5. The molecule has 1 heterocycles. The lowest BCUT2D eigenvalue weighted by atomic mass is 10.2. The average molecular weight is 334 g/mol. The number of carbonyl (C=O) groups excluding carboxylic acids is 1. The van der Waals surface area contributed by atoms with Crippen LogP contribution in [0.2, 0.25) is 5.02 Å². The van der Waals surface area contributed by atoms with Gasteiger partial charge < -0.3 is 19.5 Å². The average Bonchev–Trinajstić information content (AvgIpc) is 2.98. The van der Waals surface area contributed by atoms with E-state index in [0.29, 0.717) is 28.0 Å². The van der Waals surface area contributed by atoms with Gasteiger partial charge in [-0.3, -0.25) is 4.79 Å². The van der Waals surface area contributed by atoms with E-state index in [4.69, 9.17) is 25.8 Å². The molecule has 0 aromatic heterocycles. The molecule has 0 aliphatic carbocycles.